The Morgan fingerprint density at radius 2 is 2.09 bits per heavy atom. The van der Waals surface area contributed by atoms with Crippen LogP contribution in [0.15, 0.2) is 10.6 Å². The first-order valence-corrected chi connectivity index (χ1v) is 9.88. The lowest BCUT2D eigenvalue weighted by Gasteiger charge is -2.22. The maximum absolute atomic E-state index is 13.5. The van der Waals surface area contributed by atoms with Crippen molar-refractivity contribution in [1.29, 1.82) is 0 Å². The Labute approximate surface area is 180 Å². The summed E-state index contributed by atoms with van der Waals surface area (Å²) in [6, 6.07) is 0. The van der Waals surface area contributed by atoms with E-state index in [2.05, 4.69) is 31.0 Å². The minimum Gasteiger partial charge on any atom is -0.421 e. The molecule has 2 aromatic heterocycles. The van der Waals surface area contributed by atoms with Gasteiger partial charge in [-0.1, -0.05) is 25.7 Å². The first-order chi connectivity index (χ1) is 15.2. The van der Waals surface area contributed by atoms with Gasteiger partial charge >= 0.3 is 6.18 Å². The summed E-state index contributed by atoms with van der Waals surface area (Å²) < 4.78 is 45.5. The second-order valence-corrected chi connectivity index (χ2v) is 7.50. The fourth-order valence-electron chi connectivity index (χ4n) is 3.62. The van der Waals surface area contributed by atoms with Crippen molar-refractivity contribution in [1.82, 2.24) is 30.7 Å². The molecule has 2 heterocycles. The molecule has 1 fully saturated rings. The number of halogens is 3. The molecule has 0 bridgehead atoms. The number of hydrogen-bond donors (Lipinski definition) is 3. The number of amides is 2. The van der Waals surface area contributed by atoms with Gasteiger partial charge in [0.1, 0.15) is 0 Å². The normalized spacial score (nSPS) is 15.4. The highest BCUT2D eigenvalue weighted by atomic mass is 19.4. The number of hydroxylamine groups is 2. The lowest BCUT2D eigenvalue weighted by Crippen LogP contribution is -2.41. The molecular formula is C18H22F3N7O4. The molecule has 11 nitrogen and oxygen atoms in total. The zero-order valence-electron chi connectivity index (χ0n) is 17.1. The van der Waals surface area contributed by atoms with E-state index in [1.807, 2.05) is 0 Å². The van der Waals surface area contributed by atoms with E-state index in [1.165, 1.54) is 6.92 Å². The monoisotopic (exact) mass is 457 g/mol. The van der Waals surface area contributed by atoms with E-state index in [4.69, 9.17) is 4.42 Å². The third kappa shape index (κ3) is 5.90. The summed E-state index contributed by atoms with van der Waals surface area (Å²) in [7, 11) is 0. The summed E-state index contributed by atoms with van der Waals surface area (Å²) in [5.41, 5.74) is 2.69. The highest BCUT2D eigenvalue weighted by molar-refractivity contribution is 5.80. The van der Waals surface area contributed by atoms with Crippen LogP contribution in [0.3, 0.4) is 0 Å². The predicted molar refractivity (Wildman–Crippen MR) is 101 cm³/mol. The van der Waals surface area contributed by atoms with Gasteiger partial charge in [-0.3, -0.25) is 25.6 Å². The number of aromatic nitrogens is 4. The molecule has 1 aliphatic carbocycles. The van der Waals surface area contributed by atoms with Crippen LogP contribution < -0.4 is 10.9 Å². The van der Waals surface area contributed by atoms with Crippen LogP contribution in [-0.4, -0.2) is 49.3 Å². The van der Waals surface area contributed by atoms with Gasteiger partial charge in [0.2, 0.25) is 24.2 Å². The minimum atomic E-state index is -4.85. The van der Waals surface area contributed by atoms with Crippen LogP contribution in [0.2, 0.25) is 0 Å². The summed E-state index contributed by atoms with van der Waals surface area (Å²) in [5.74, 6) is -1.96. The fraction of sp³-hybridized carbons (Fsp3) is 0.556. The molecule has 3 N–H and O–H groups in total. The van der Waals surface area contributed by atoms with E-state index in [9.17, 15) is 28.0 Å². The van der Waals surface area contributed by atoms with Crippen LogP contribution >= 0.6 is 0 Å². The summed E-state index contributed by atoms with van der Waals surface area (Å²) in [6.07, 6.45) is 0.530. The Kier molecular flexibility index (Phi) is 7.22. The molecular weight excluding hydrogens is 435 g/mol. The van der Waals surface area contributed by atoms with Crippen molar-refractivity contribution < 1.29 is 32.4 Å². The summed E-state index contributed by atoms with van der Waals surface area (Å²) in [6.45, 7) is 1.17. The Morgan fingerprint density at radius 3 is 2.69 bits per heavy atom. The number of hydrazine groups is 1. The van der Waals surface area contributed by atoms with Crippen LogP contribution in [0.4, 0.5) is 19.1 Å². The van der Waals surface area contributed by atoms with Gasteiger partial charge in [-0.15, -0.1) is 10.2 Å². The van der Waals surface area contributed by atoms with Crippen LogP contribution in [0.25, 0.3) is 11.5 Å². The number of nitrogens with one attached hydrogen (secondary N) is 2. The third-order valence-corrected chi connectivity index (χ3v) is 5.10. The number of carbonyl (C=O) groups excluding carboxylic acids is 2. The fourth-order valence-corrected chi connectivity index (χ4v) is 3.62. The zero-order valence-corrected chi connectivity index (χ0v) is 17.1. The van der Waals surface area contributed by atoms with E-state index in [1.54, 1.807) is 0 Å². The van der Waals surface area contributed by atoms with Crippen molar-refractivity contribution in [2.45, 2.75) is 45.2 Å². The molecule has 174 valence electrons. The number of hydrogen-bond acceptors (Lipinski definition) is 9. The smallest absolute Gasteiger partial charge is 0.421 e. The van der Waals surface area contributed by atoms with Gasteiger partial charge < -0.3 is 4.42 Å². The molecule has 0 saturated heterocycles. The maximum Gasteiger partial charge on any atom is 0.434 e. The van der Waals surface area contributed by atoms with Gasteiger partial charge in [0.05, 0.1) is 18.0 Å². The van der Waals surface area contributed by atoms with Crippen LogP contribution in [-0.2, 0) is 15.8 Å². The van der Waals surface area contributed by atoms with Crippen molar-refractivity contribution in [3.8, 4) is 11.5 Å². The van der Waals surface area contributed by atoms with Crippen molar-refractivity contribution in [3.05, 3.63) is 17.8 Å². The lowest BCUT2D eigenvalue weighted by molar-refractivity contribution is -0.154. The standard InChI is InChI=1S/C18H22F3N7O4/c1-10-24-26-16(32-10)13-7-22-17(23-14(13)18(19,20)21)27-25-15(30)12(8-28(31)9-29)6-11-4-2-3-5-11/h7,9,11-12,31H,2-6,8H2,1H3,(H,25,30)(H,22,23,27)/t12-/m1/s1. The number of anilines is 1. The molecule has 0 aliphatic heterocycles. The summed E-state index contributed by atoms with van der Waals surface area (Å²) in [4.78, 5) is 30.5. The summed E-state index contributed by atoms with van der Waals surface area (Å²) in [5, 5.41) is 16.9. The molecule has 0 unspecified atom stereocenters. The van der Waals surface area contributed by atoms with Gasteiger partial charge in [-0.25, -0.2) is 15.0 Å². The Balaban J connectivity index is 1.73. The second kappa shape index (κ2) is 9.89. The van der Waals surface area contributed by atoms with E-state index in [0.717, 1.165) is 31.9 Å². The molecule has 1 atom stereocenters. The van der Waals surface area contributed by atoms with Crippen LogP contribution in [0, 0.1) is 18.8 Å². The first kappa shape index (κ1) is 23.4. The minimum absolute atomic E-state index is 0.0733. The van der Waals surface area contributed by atoms with E-state index in [0.29, 0.717) is 11.5 Å². The molecule has 1 aliphatic rings. The molecule has 0 aromatic carbocycles. The number of nitrogens with zero attached hydrogens (tertiary/aromatic N) is 5. The Morgan fingerprint density at radius 1 is 1.38 bits per heavy atom. The molecule has 32 heavy (non-hydrogen) atoms. The van der Waals surface area contributed by atoms with Gasteiger partial charge in [0, 0.05) is 13.1 Å². The zero-order chi connectivity index (χ0) is 23.3. The van der Waals surface area contributed by atoms with Crippen LogP contribution in [0.5, 0.6) is 0 Å². The largest absolute Gasteiger partial charge is 0.434 e. The molecule has 3 rings (SSSR count). The predicted octanol–water partition coefficient (Wildman–Crippen LogP) is 2.34. The Bertz CT molecular complexity index is 947. The molecule has 0 spiro atoms. The first-order valence-electron chi connectivity index (χ1n) is 9.88. The van der Waals surface area contributed by atoms with E-state index >= 15 is 0 Å². The SMILES string of the molecule is Cc1nnc(-c2cnc(NNC(=O)[C@H](CC3CCCC3)CN(O)C=O)nc2C(F)(F)F)o1. The van der Waals surface area contributed by atoms with Gasteiger partial charge in [-0.2, -0.15) is 13.2 Å². The van der Waals surface area contributed by atoms with Gasteiger partial charge in [0.15, 0.2) is 5.69 Å². The molecule has 2 aromatic rings. The maximum atomic E-state index is 13.5. The molecule has 14 heteroatoms. The number of aryl methyl sites for hydroxylation is 1. The summed E-state index contributed by atoms with van der Waals surface area (Å²) >= 11 is 0. The topological polar surface area (TPSA) is 146 Å². The number of alkyl halides is 3. The van der Waals surface area contributed by atoms with Crippen LogP contribution in [0.1, 0.15) is 43.7 Å². The average Bonchev–Trinajstić information content (AvgIpc) is 3.42. The Hall–Kier alpha value is -3.29. The molecule has 1 saturated carbocycles. The van der Waals surface area contributed by atoms with Gasteiger partial charge in [-0.05, 0) is 12.3 Å². The third-order valence-electron chi connectivity index (χ3n) is 5.10. The van der Waals surface area contributed by atoms with E-state index < -0.39 is 35.2 Å². The highest BCUT2D eigenvalue weighted by Gasteiger charge is 2.38. The van der Waals surface area contributed by atoms with Crippen molar-refractivity contribution >= 4 is 18.3 Å². The average molecular weight is 457 g/mol. The molecule has 2 amide bonds. The molecule has 0 radical (unpaired) electrons. The quantitative estimate of drug-likeness (QED) is 0.293. The van der Waals surface area contributed by atoms with Crippen molar-refractivity contribution in [3.63, 3.8) is 0 Å². The number of rotatable bonds is 9. The second-order valence-electron chi connectivity index (χ2n) is 7.50. The highest BCUT2D eigenvalue weighted by Crippen LogP contribution is 2.35. The van der Waals surface area contributed by atoms with Crippen molar-refractivity contribution in [2.75, 3.05) is 12.0 Å². The van der Waals surface area contributed by atoms with Gasteiger partial charge in [0.25, 0.3) is 5.89 Å². The van der Waals surface area contributed by atoms with E-state index in [-0.39, 0.29) is 30.7 Å². The number of carbonyl (C=O) groups is 2. The lowest BCUT2D eigenvalue weighted by atomic mass is 9.92. The van der Waals surface area contributed by atoms with Crippen molar-refractivity contribution in [2.24, 2.45) is 11.8 Å².